The molecule has 0 aromatic heterocycles. The van der Waals surface area contributed by atoms with E-state index >= 15 is 4.39 Å². The molecule has 7 rings (SSSR count). The molecule has 0 saturated carbocycles. The van der Waals surface area contributed by atoms with Crippen molar-refractivity contribution >= 4 is 52.9 Å². The Labute approximate surface area is 398 Å². The molecule has 0 aliphatic carbocycles. The number of hydrogen-bond donors (Lipinski definition) is 3. The van der Waals surface area contributed by atoms with Gasteiger partial charge in [0.15, 0.2) is 0 Å². The van der Waals surface area contributed by atoms with Crippen molar-refractivity contribution in [2.45, 2.75) is 45.2 Å². The lowest BCUT2D eigenvalue weighted by Crippen LogP contribution is -2.56. The van der Waals surface area contributed by atoms with Crippen molar-refractivity contribution in [2.24, 2.45) is 10.9 Å². The molecule has 16 nitrogen and oxygen atoms in total. The van der Waals surface area contributed by atoms with E-state index in [9.17, 15) is 52.5 Å². The van der Waals surface area contributed by atoms with Crippen LogP contribution in [0.3, 0.4) is 0 Å². The molecule has 0 bridgehead atoms. The lowest BCUT2D eigenvalue weighted by molar-refractivity contribution is -0.166. The summed E-state index contributed by atoms with van der Waals surface area (Å²) in [5.74, 6) is -7.69. The first-order valence-corrected chi connectivity index (χ1v) is 21.5. The monoisotopic (exact) mass is 972 g/mol. The number of nitrogens with zero attached hydrogens (tertiary/aromatic N) is 4. The summed E-state index contributed by atoms with van der Waals surface area (Å²) < 4.78 is 77.4. The number of piperazine rings is 1. The standard InChI is InChI=1S/C30H30F4N4O4.C20H18O8/c1-18(28(39)40)27-22-8-5-9-23(31)26(22)35-29(38(27)24-16-19(30(32,33)34)10-11-25(24)42-3)37-14-12-36(13-15-37)20-6-4-7-21(17-20)41-2;1-11-3-7-13(8-4-11)19(25)27-15(17(21)22)16(18(23)24)28-20(26)14-9-5-12(2)6-10-14/h4-11,16-18,27H,12-15H2,1-3H3,(H,39,40);3-10,15-16H,1-2H3,(H,21,22)(H,23,24)/t18?,27-;15-,16-/m00/s1. The average molecular weight is 973 g/mol. The number of hydrogen-bond acceptors (Lipinski definition) is 13. The molecule has 368 valence electrons. The lowest BCUT2D eigenvalue weighted by Gasteiger charge is -2.46. The van der Waals surface area contributed by atoms with Crippen molar-refractivity contribution in [2.75, 3.05) is 50.2 Å². The first kappa shape index (κ1) is 51.2. The molecule has 4 atom stereocenters. The van der Waals surface area contributed by atoms with Gasteiger partial charge >= 0.3 is 36.0 Å². The highest BCUT2D eigenvalue weighted by Gasteiger charge is 2.44. The number of carbonyl (C=O) groups is 5. The van der Waals surface area contributed by atoms with E-state index < -0.39 is 71.6 Å². The summed E-state index contributed by atoms with van der Waals surface area (Å²) in [5, 5.41) is 28.7. The Bertz CT molecular complexity index is 2690. The van der Waals surface area contributed by atoms with Gasteiger partial charge in [0.1, 0.15) is 23.0 Å². The van der Waals surface area contributed by atoms with E-state index in [1.54, 1.807) is 51.3 Å². The third kappa shape index (κ3) is 11.7. The molecule has 0 spiro atoms. The largest absolute Gasteiger partial charge is 0.497 e. The maximum Gasteiger partial charge on any atom is 0.416 e. The molecule has 2 heterocycles. The number of methoxy groups -OCH3 is 2. The van der Waals surface area contributed by atoms with E-state index in [2.05, 4.69) is 9.89 Å². The van der Waals surface area contributed by atoms with Gasteiger partial charge in [0.25, 0.3) is 0 Å². The van der Waals surface area contributed by atoms with Crippen LogP contribution >= 0.6 is 0 Å². The van der Waals surface area contributed by atoms with Crippen molar-refractivity contribution in [3.05, 3.63) is 148 Å². The van der Waals surface area contributed by atoms with E-state index in [0.717, 1.165) is 28.9 Å². The van der Waals surface area contributed by atoms with Crippen molar-refractivity contribution < 1.29 is 75.8 Å². The zero-order valence-electron chi connectivity index (χ0n) is 38.3. The number of aliphatic imine (C=N–C) groups is 1. The fourth-order valence-corrected chi connectivity index (χ4v) is 7.67. The highest BCUT2D eigenvalue weighted by atomic mass is 19.4. The van der Waals surface area contributed by atoms with Gasteiger partial charge < -0.3 is 49.0 Å². The highest BCUT2D eigenvalue weighted by Crippen LogP contribution is 2.47. The van der Waals surface area contributed by atoms with Gasteiger partial charge in [-0.25, -0.2) is 28.6 Å². The van der Waals surface area contributed by atoms with Crippen LogP contribution in [0.4, 0.5) is 34.6 Å². The molecule has 0 amide bonds. The van der Waals surface area contributed by atoms with Crippen LogP contribution < -0.4 is 19.3 Å². The number of para-hydroxylation sites is 1. The summed E-state index contributed by atoms with van der Waals surface area (Å²) in [6.07, 6.45) is -9.12. The number of esters is 2. The number of ether oxygens (including phenoxy) is 4. The third-order valence-electron chi connectivity index (χ3n) is 11.5. The third-order valence-corrected chi connectivity index (χ3v) is 11.5. The van der Waals surface area contributed by atoms with Crippen molar-refractivity contribution in [1.82, 2.24) is 4.90 Å². The van der Waals surface area contributed by atoms with E-state index in [0.29, 0.717) is 31.9 Å². The Morgan fingerprint density at radius 3 is 1.69 bits per heavy atom. The number of aliphatic carboxylic acids is 3. The summed E-state index contributed by atoms with van der Waals surface area (Å²) >= 11 is 0. The van der Waals surface area contributed by atoms with Gasteiger partial charge in [-0.2, -0.15) is 13.2 Å². The van der Waals surface area contributed by atoms with Crippen LogP contribution in [0.1, 0.15) is 55.9 Å². The number of carbonyl (C=O) groups excluding carboxylic acids is 2. The SMILES string of the molecule is COc1cccc(N2CCN(C3=Nc4c(F)cccc4[C@H](C(C)C(=O)O)N3c3cc(C(F)(F)F)ccc3OC)CC2)c1.Cc1ccc(C(=O)O[C@H](C(=O)O)[C@H](OC(=O)c2ccc(C)cc2)C(=O)O)cc1. The van der Waals surface area contributed by atoms with Gasteiger partial charge in [-0.15, -0.1) is 0 Å². The molecule has 0 radical (unpaired) electrons. The van der Waals surface area contributed by atoms with Crippen molar-refractivity contribution in [3.63, 3.8) is 0 Å². The van der Waals surface area contributed by atoms with Crippen LogP contribution in [0.5, 0.6) is 11.5 Å². The molecule has 5 aromatic rings. The molecular formula is C50H48F4N4O12. The second-order valence-electron chi connectivity index (χ2n) is 16.2. The number of rotatable bonds is 13. The fourth-order valence-electron chi connectivity index (χ4n) is 7.67. The van der Waals surface area contributed by atoms with Gasteiger partial charge in [-0.05, 0) is 81.4 Å². The Kier molecular flexibility index (Phi) is 16.0. The van der Waals surface area contributed by atoms with E-state index in [1.807, 2.05) is 29.2 Å². The first-order valence-electron chi connectivity index (χ1n) is 21.5. The molecule has 5 aromatic carbocycles. The van der Waals surface area contributed by atoms with Gasteiger partial charge in [-0.3, -0.25) is 4.79 Å². The fraction of sp³-hybridized carbons (Fsp3) is 0.280. The Morgan fingerprint density at radius 2 is 1.20 bits per heavy atom. The number of fused-ring (bicyclic) bond motifs is 1. The van der Waals surface area contributed by atoms with Crippen LogP contribution in [-0.2, 0) is 30.0 Å². The lowest BCUT2D eigenvalue weighted by atomic mass is 9.89. The maximum atomic E-state index is 15.2. The maximum absolute atomic E-state index is 15.2. The predicted octanol–water partition coefficient (Wildman–Crippen LogP) is 8.18. The molecule has 2 aliphatic rings. The Balaban J connectivity index is 0.000000250. The number of anilines is 2. The molecule has 70 heavy (non-hydrogen) atoms. The molecule has 20 heteroatoms. The molecular weight excluding hydrogens is 925 g/mol. The minimum atomic E-state index is -4.67. The number of carboxylic acid groups (broad SMARTS) is 3. The smallest absolute Gasteiger partial charge is 0.416 e. The van der Waals surface area contributed by atoms with Gasteiger partial charge in [0, 0.05) is 43.5 Å². The summed E-state index contributed by atoms with van der Waals surface area (Å²) in [5.41, 5.74) is 1.98. The van der Waals surface area contributed by atoms with Crippen LogP contribution in [-0.4, -0.2) is 109 Å². The number of carboxylic acids is 3. The van der Waals surface area contributed by atoms with Crippen LogP contribution in [0.2, 0.25) is 0 Å². The zero-order valence-corrected chi connectivity index (χ0v) is 38.3. The molecule has 1 saturated heterocycles. The molecule has 1 unspecified atom stereocenters. The minimum Gasteiger partial charge on any atom is -0.497 e. The van der Waals surface area contributed by atoms with Gasteiger partial charge in [0.2, 0.25) is 18.2 Å². The van der Waals surface area contributed by atoms with Gasteiger partial charge in [-0.1, -0.05) is 53.6 Å². The number of alkyl halides is 3. The van der Waals surface area contributed by atoms with E-state index in [-0.39, 0.29) is 39.8 Å². The topological polar surface area (TPSA) is 205 Å². The Hall–Kier alpha value is -8.16. The van der Waals surface area contributed by atoms with Crippen LogP contribution in [0, 0.1) is 25.6 Å². The van der Waals surface area contributed by atoms with E-state index in [1.165, 1.54) is 61.4 Å². The summed E-state index contributed by atoms with van der Waals surface area (Å²) in [6.45, 7) is 6.82. The number of halogens is 4. The predicted molar refractivity (Wildman–Crippen MR) is 246 cm³/mol. The number of benzene rings is 5. The summed E-state index contributed by atoms with van der Waals surface area (Å²) in [6, 6.07) is 25.8. The molecule has 2 aliphatic heterocycles. The van der Waals surface area contributed by atoms with Crippen molar-refractivity contribution in [1.29, 1.82) is 0 Å². The quantitative estimate of drug-likeness (QED) is 0.0752. The van der Waals surface area contributed by atoms with Crippen LogP contribution in [0.25, 0.3) is 0 Å². The second-order valence-corrected chi connectivity index (χ2v) is 16.2. The minimum absolute atomic E-state index is 0.0192. The van der Waals surface area contributed by atoms with Gasteiger partial charge in [0.05, 0.1) is 48.6 Å². The summed E-state index contributed by atoms with van der Waals surface area (Å²) in [7, 11) is 2.91. The first-order chi connectivity index (χ1) is 33.2. The average Bonchev–Trinajstić information content (AvgIpc) is 3.34. The van der Waals surface area contributed by atoms with Crippen molar-refractivity contribution in [3.8, 4) is 11.5 Å². The number of aryl methyl sites for hydroxylation is 2. The van der Waals surface area contributed by atoms with E-state index in [4.69, 9.17) is 18.9 Å². The Morgan fingerprint density at radius 1 is 0.671 bits per heavy atom. The highest BCUT2D eigenvalue weighted by molar-refractivity contribution is 6.03. The number of guanidine groups is 1. The molecule has 3 N–H and O–H groups in total. The normalized spacial score (nSPS) is 15.7. The summed E-state index contributed by atoms with van der Waals surface area (Å²) in [4.78, 5) is 69.8. The molecule has 1 fully saturated rings. The second kappa shape index (κ2) is 21.9. The zero-order chi connectivity index (χ0) is 51.0. The van der Waals surface area contributed by atoms with Crippen LogP contribution in [0.15, 0.2) is 114 Å².